The zero-order valence-corrected chi connectivity index (χ0v) is 13.9. The number of ether oxygens (including phenoxy) is 1. The van der Waals surface area contributed by atoms with Crippen LogP contribution in [0.2, 0.25) is 0 Å². The topological polar surface area (TPSA) is 58.8 Å². The molecule has 5 heteroatoms. The highest BCUT2D eigenvalue weighted by molar-refractivity contribution is 5.78. The first kappa shape index (κ1) is 16.3. The molecule has 1 aromatic carbocycles. The Morgan fingerprint density at radius 1 is 1.26 bits per heavy atom. The Kier molecular flexibility index (Phi) is 5.18. The molecular formula is C18H27N3O2. The summed E-state index contributed by atoms with van der Waals surface area (Å²) in [6.07, 6.45) is 2.21. The molecule has 1 amide bonds. The monoisotopic (exact) mass is 317 g/mol. The van der Waals surface area contributed by atoms with Gasteiger partial charge in [0, 0.05) is 44.3 Å². The zero-order chi connectivity index (χ0) is 16.2. The Bertz CT molecular complexity index is 533. The largest absolute Gasteiger partial charge is 0.483 e. The second-order valence-electron chi connectivity index (χ2n) is 6.82. The Hall–Kier alpha value is -1.59. The molecule has 2 unspecified atom stereocenters. The third kappa shape index (κ3) is 4.03. The minimum atomic E-state index is 0.0918. The maximum Gasteiger partial charge on any atom is 0.260 e. The lowest BCUT2D eigenvalue weighted by Gasteiger charge is -2.19. The quantitative estimate of drug-likeness (QED) is 0.893. The van der Waals surface area contributed by atoms with Crippen LogP contribution in [0, 0.1) is 5.92 Å². The van der Waals surface area contributed by atoms with Crippen LogP contribution in [0.15, 0.2) is 24.3 Å². The van der Waals surface area contributed by atoms with Gasteiger partial charge in [0.1, 0.15) is 5.75 Å². The van der Waals surface area contributed by atoms with Crippen LogP contribution in [0.25, 0.3) is 0 Å². The number of carbonyl (C=O) groups excluding carboxylic acids is 1. The summed E-state index contributed by atoms with van der Waals surface area (Å²) in [6.45, 7) is 6.83. The Labute approximate surface area is 138 Å². The molecule has 2 fully saturated rings. The molecule has 0 radical (unpaired) electrons. The summed E-state index contributed by atoms with van der Waals surface area (Å²) in [5.74, 6) is 1.43. The fraction of sp³-hybridized carbons (Fsp3) is 0.611. The van der Waals surface area contributed by atoms with E-state index in [0.717, 1.165) is 56.9 Å². The van der Waals surface area contributed by atoms with Crippen LogP contribution in [0.3, 0.4) is 0 Å². The summed E-state index contributed by atoms with van der Waals surface area (Å²) in [5, 5.41) is 0. The van der Waals surface area contributed by atoms with Crippen molar-refractivity contribution in [3.63, 3.8) is 0 Å². The minimum Gasteiger partial charge on any atom is -0.483 e. The predicted molar refractivity (Wildman–Crippen MR) is 90.2 cm³/mol. The summed E-state index contributed by atoms with van der Waals surface area (Å²) in [5.41, 5.74) is 7.23. The standard InChI is InChI=1S/C18H27N3O2/c1-14-10-20(12-16(14)19)11-15-6-2-3-7-17(15)23-13-18(22)21-8-4-5-9-21/h2-3,6-7,14,16H,4-5,8-13,19H2,1H3. The van der Waals surface area contributed by atoms with Crippen molar-refractivity contribution in [2.75, 3.05) is 32.8 Å². The molecule has 5 nitrogen and oxygen atoms in total. The van der Waals surface area contributed by atoms with Gasteiger partial charge in [0.2, 0.25) is 0 Å². The second-order valence-corrected chi connectivity index (χ2v) is 6.82. The average molecular weight is 317 g/mol. The lowest BCUT2D eigenvalue weighted by atomic mass is 10.1. The van der Waals surface area contributed by atoms with Gasteiger partial charge in [-0.05, 0) is 24.8 Å². The number of hydrogen-bond donors (Lipinski definition) is 1. The molecule has 126 valence electrons. The van der Waals surface area contributed by atoms with Crippen molar-refractivity contribution in [2.24, 2.45) is 11.7 Å². The molecule has 2 N–H and O–H groups in total. The molecule has 2 heterocycles. The first-order chi connectivity index (χ1) is 11.1. The van der Waals surface area contributed by atoms with E-state index in [1.54, 1.807) is 0 Å². The van der Waals surface area contributed by atoms with Gasteiger partial charge in [-0.3, -0.25) is 9.69 Å². The van der Waals surface area contributed by atoms with Crippen molar-refractivity contribution >= 4 is 5.91 Å². The average Bonchev–Trinajstić information content (AvgIpc) is 3.17. The van der Waals surface area contributed by atoms with Crippen molar-refractivity contribution in [1.82, 2.24) is 9.80 Å². The SMILES string of the molecule is CC1CN(Cc2ccccc2OCC(=O)N2CCCC2)CC1N. The normalized spacial score (nSPS) is 25.0. The van der Waals surface area contributed by atoms with Crippen LogP contribution in [-0.2, 0) is 11.3 Å². The van der Waals surface area contributed by atoms with Crippen LogP contribution >= 0.6 is 0 Å². The van der Waals surface area contributed by atoms with E-state index in [1.807, 2.05) is 23.1 Å². The van der Waals surface area contributed by atoms with E-state index in [-0.39, 0.29) is 18.6 Å². The fourth-order valence-corrected chi connectivity index (χ4v) is 3.44. The second kappa shape index (κ2) is 7.32. The van der Waals surface area contributed by atoms with E-state index < -0.39 is 0 Å². The number of hydrogen-bond acceptors (Lipinski definition) is 4. The van der Waals surface area contributed by atoms with Gasteiger partial charge >= 0.3 is 0 Å². The molecule has 2 aliphatic rings. The molecule has 3 rings (SSSR count). The highest BCUT2D eigenvalue weighted by Crippen LogP contribution is 2.23. The lowest BCUT2D eigenvalue weighted by molar-refractivity contribution is -0.132. The van der Waals surface area contributed by atoms with Crippen molar-refractivity contribution in [3.8, 4) is 5.75 Å². The van der Waals surface area contributed by atoms with Gasteiger partial charge in [0.05, 0.1) is 0 Å². The van der Waals surface area contributed by atoms with Gasteiger partial charge in [-0.25, -0.2) is 0 Å². The van der Waals surface area contributed by atoms with Crippen molar-refractivity contribution in [1.29, 1.82) is 0 Å². The Morgan fingerprint density at radius 3 is 2.70 bits per heavy atom. The van der Waals surface area contributed by atoms with E-state index in [9.17, 15) is 4.79 Å². The number of amides is 1. The Balaban J connectivity index is 1.58. The van der Waals surface area contributed by atoms with E-state index in [2.05, 4.69) is 17.9 Å². The van der Waals surface area contributed by atoms with E-state index >= 15 is 0 Å². The third-order valence-electron chi connectivity index (χ3n) is 4.92. The van der Waals surface area contributed by atoms with E-state index in [4.69, 9.17) is 10.5 Å². The molecule has 2 aliphatic heterocycles. The molecule has 2 atom stereocenters. The summed E-state index contributed by atoms with van der Waals surface area (Å²) in [6, 6.07) is 8.25. The highest BCUT2D eigenvalue weighted by Gasteiger charge is 2.27. The molecule has 23 heavy (non-hydrogen) atoms. The predicted octanol–water partition coefficient (Wildman–Crippen LogP) is 1.47. The number of benzene rings is 1. The number of rotatable bonds is 5. The molecule has 2 saturated heterocycles. The summed E-state index contributed by atoms with van der Waals surface area (Å²) < 4.78 is 5.83. The van der Waals surface area contributed by atoms with Crippen LogP contribution in [0.5, 0.6) is 5.75 Å². The molecule has 0 aromatic heterocycles. The van der Waals surface area contributed by atoms with E-state index in [1.165, 1.54) is 0 Å². The number of nitrogens with two attached hydrogens (primary N) is 1. The van der Waals surface area contributed by atoms with Crippen LogP contribution < -0.4 is 10.5 Å². The molecule has 0 saturated carbocycles. The summed E-state index contributed by atoms with van der Waals surface area (Å²) in [7, 11) is 0. The van der Waals surface area contributed by atoms with Gasteiger partial charge in [0.15, 0.2) is 6.61 Å². The maximum absolute atomic E-state index is 12.1. The third-order valence-corrected chi connectivity index (χ3v) is 4.92. The molecular weight excluding hydrogens is 290 g/mol. The number of carbonyl (C=O) groups is 1. The minimum absolute atomic E-state index is 0.0918. The molecule has 0 spiro atoms. The smallest absolute Gasteiger partial charge is 0.260 e. The van der Waals surface area contributed by atoms with Crippen LogP contribution in [-0.4, -0.2) is 54.5 Å². The molecule has 1 aromatic rings. The fourth-order valence-electron chi connectivity index (χ4n) is 3.44. The summed E-state index contributed by atoms with van der Waals surface area (Å²) in [4.78, 5) is 16.4. The molecule has 0 bridgehead atoms. The van der Waals surface area contributed by atoms with Crippen molar-refractivity contribution in [3.05, 3.63) is 29.8 Å². The highest BCUT2D eigenvalue weighted by atomic mass is 16.5. The van der Waals surface area contributed by atoms with Crippen molar-refractivity contribution in [2.45, 2.75) is 32.4 Å². The van der Waals surface area contributed by atoms with E-state index in [0.29, 0.717) is 5.92 Å². The first-order valence-corrected chi connectivity index (χ1v) is 8.60. The number of likely N-dealkylation sites (tertiary alicyclic amines) is 2. The summed E-state index contributed by atoms with van der Waals surface area (Å²) >= 11 is 0. The van der Waals surface area contributed by atoms with Gasteiger partial charge in [-0.1, -0.05) is 25.1 Å². The van der Waals surface area contributed by atoms with Gasteiger partial charge in [-0.2, -0.15) is 0 Å². The van der Waals surface area contributed by atoms with Crippen LogP contribution in [0.4, 0.5) is 0 Å². The zero-order valence-electron chi connectivity index (χ0n) is 13.9. The first-order valence-electron chi connectivity index (χ1n) is 8.60. The Morgan fingerprint density at radius 2 is 2.00 bits per heavy atom. The van der Waals surface area contributed by atoms with Gasteiger partial charge < -0.3 is 15.4 Å². The number of para-hydroxylation sites is 1. The molecule has 0 aliphatic carbocycles. The maximum atomic E-state index is 12.1. The van der Waals surface area contributed by atoms with Crippen LogP contribution in [0.1, 0.15) is 25.3 Å². The van der Waals surface area contributed by atoms with Gasteiger partial charge in [0.25, 0.3) is 5.91 Å². The van der Waals surface area contributed by atoms with Crippen molar-refractivity contribution < 1.29 is 9.53 Å². The van der Waals surface area contributed by atoms with Gasteiger partial charge in [-0.15, -0.1) is 0 Å². The lowest BCUT2D eigenvalue weighted by Crippen LogP contribution is -2.32. The number of nitrogens with zero attached hydrogens (tertiary/aromatic N) is 2.